The number of nitrogens with one attached hydrogen (secondary N) is 1. The van der Waals surface area contributed by atoms with Gasteiger partial charge in [-0.2, -0.15) is 0 Å². The van der Waals surface area contributed by atoms with Crippen LogP contribution in [0.25, 0.3) is 0 Å². The highest BCUT2D eigenvalue weighted by molar-refractivity contribution is 5.64. The van der Waals surface area contributed by atoms with E-state index < -0.39 is 6.09 Å². The Morgan fingerprint density at radius 2 is 2.13 bits per heavy atom. The van der Waals surface area contributed by atoms with E-state index in [4.69, 9.17) is 5.73 Å². The Hall–Kier alpha value is -1.55. The van der Waals surface area contributed by atoms with Crippen molar-refractivity contribution in [3.63, 3.8) is 0 Å². The number of hydrogen-bond donors (Lipinski definition) is 2. The first kappa shape index (κ1) is 11.5. The van der Waals surface area contributed by atoms with Crippen LogP contribution in [0.5, 0.6) is 0 Å². The molecule has 0 saturated carbocycles. The number of amides is 1. The number of primary amides is 1. The van der Waals surface area contributed by atoms with Gasteiger partial charge in [0.15, 0.2) is 0 Å². The summed E-state index contributed by atoms with van der Waals surface area (Å²) in [6.07, 6.45) is -0.733. The molecule has 3 N–H and O–H groups in total. The lowest BCUT2D eigenvalue weighted by Crippen LogP contribution is -2.32. The average Bonchev–Trinajstić information content (AvgIpc) is 2.25. The van der Waals surface area contributed by atoms with Gasteiger partial charge in [0.05, 0.1) is 0 Å². The van der Waals surface area contributed by atoms with Gasteiger partial charge < -0.3 is 15.8 Å². The largest absolute Gasteiger partial charge is 0.448 e. The second-order valence-corrected chi connectivity index (χ2v) is 3.40. The van der Waals surface area contributed by atoms with Gasteiger partial charge in [0.25, 0.3) is 0 Å². The van der Waals surface area contributed by atoms with Crippen LogP contribution in [0.2, 0.25) is 0 Å². The molecule has 1 rings (SSSR count). The van der Waals surface area contributed by atoms with Crippen molar-refractivity contribution in [2.45, 2.75) is 19.5 Å². The molecule has 0 radical (unpaired) electrons. The van der Waals surface area contributed by atoms with Crippen molar-refractivity contribution in [2.75, 3.05) is 6.61 Å². The van der Waals surface area contributed by atoms with Crippen molar-refractivity contribution in [1.82, 2.24) is 5.32 Å². The van der Waals surface area contributed by atoms with Crippen LogP contribution >= 0.6 is 0 Å². The summed E-state index contributed by atoms with van der Waals surface area (Å²) < 4.78 is 4.67. The van der Waals surface area contributed by atoms with Gasteiger partial charge in [-0.1, -0.05) is 30.3 Å². The standard InChI is InChI=1S/C11H16N2O2/c1-9(8-15-11(12)14)13-7-10-5-3-2-4-6-10/h2-6,9,13H,7-8H2,1H3,(H2,12,14). The maximum atomic E-state index is 10.4. The first-order valence-electron chi connectivity index (χ1n) is 4.88. The van der Waals surface area contributed by atoms with E-state index in [0.29, 0.717) is 6.61 Å². The number of ether oxygens (including phenoxy) is 1. The first-order valence-corrected chi connectivity index (χ1v) is 4.88. The van der Waals surface area contributed by atoms with Crippen molar-refractivity contribution in [3.8, 4) is 0 Å². The molecule has 1 amide bonds. The van der Waals surface area contributed by atoms with Gasteiger partial charge in [0.2, 0.25) is 0 Å². The molecule has 1 atom stereocenters. The van der Waals surface area contributed by atoms with E-state index in [-0.39, 0.29) is 6.04 Å². The van der Waals surface area contributed by atoms with E-state index in [1.165, 1.54) is 5.56 Å². The van der Waals surface area contributed by atoms with Gasteiger partial charge in [0, 0.05) is 12.6 Å². The highest BCUT2D eigenvalue weighted by atomic mass is 16.5. The molecule has 1 aromatic rings. The molecule has 1 aromatic carbocycles. The maximum Gasteiger partial charge on any atom is 0.404 e. The topological polar surface area (TPSA) is 64.3 Å². The SMILES string of the molecule is CC(COC(N)=O)NCc1ccccc1. The first-order chi connectivity index (χ1) is 7.18. The fourth-order valence-electron chi connectivity index (χ4n) is 1.15. The van der Waals surface area contributed by atoms with E-state index in [2.05, 4.69) is 10.1 Å². The van der Waals surface area contributed by atoms with E-state index >= 15 is 0 Å². The summed E-state index contributed by atoms with van der Waals surface area (Å²) >= 11 is 0. The molecule has 15 heavy (non-hydrogen) atoms. The van der Waals surface area contributed by atoms with Crippen LogP contribution in [0.1, 0.15) is 12.5 Å². The molecule has 0 aliphatic rings. The van der Waals surface area contributed by atoms with Gasteiger partial charge >= 0.3 is 6.09 Å². The molecule has 0 fully saturated rings. The number of benzene rings is 1. The summed E-state index contributed by atoms with van der Waals surface area (Å²) in [4.78, 5) is 10.4. The Morgan fingerprint density at radius 1 is 1.47 bits per heavy atom. The number of carbonyl (C=O) groups excluding carboxylic acids is 1. The Labute approximate surface area is 89.4 Å². The van der Waals surface area contributed by atoms with Crippen molar-refractivity contribution >= 4 is 6.09 Å². The number of hydrogen-bond acceptors (Lipinski definition) is 3. The van der Waals surface area contributed by atoms with Gasteiger partial charge in [-0.25, -0.2) is 4.79 Å². The molecule has 0 spiro atoms. The third-order valence-corrected chi connectivity index (χ3v) is 1.97. The van der Waals surface area contributed by atoms with Crippen LogP contribution in [-0.2, 0) is 11.3 Å². The van der Waals surface area contributed by atoms with Crippen LogP contribution in [0, 0.1) is 0 Å². The Bertz CT molecular complexity index is 301. The third-order valence-electron chi connectivity index (χ3n) is 1.97. The summed E-state index contributed by atoms with van der Waals surface area (Å²) in [5.74, 6) is 0. The van der Waals surface area contributed by atoms with Crippen LogP contribution in [-0.4, -0.2) is 18.7 Å². The molecule has 1 unspecified atom stereocenters. The molecule has 0 aromatic heterocycles. The highest BCUT2D eigenvalue weighted by Gasteiger charge is 2.03. The minimum absolute atomic E-state index is 0.0951. The monoisotopic (exact) mass is 208 g/mol. The minimum atomic E-state index is -0.733. The van der Waals surface area contributed by atoms with Crippen molar-refractivity contribution in [3.05, 3.63) is 35.9 Å². The lowest BCUT2D eigenvalue weighted by Gasteiger charge is -2.13. The molecule has 82 valence electrons. The van der Waals surface area contributed by atoms with Gasteiger partial charge in [0.1, 0.15) is 6.61 Å². The summed E-state index contributed by atoms with van der Waals surface area (Å²) in [5.41, 5.74) is 6.06. The average molecular weight is 208 g/mol. The van der Waals surface area contributed by atoms with Crippen LogP contribution in [0.3, 0.4) is 0 Å². The third kappa shape index (κ3) is 5.02. The fraction of sp³-hybridized carbons (Fsp3) is 0.364. The lowest BCUT2D eigenvalue weighted by molar-refractivity contribution is 0.145. The second-order valence-electron chi connectivity index (χ2n) is 3.40. The summed E-state index contributed by atoms with van der Waals surface area (Å²) in [7, 11) is 0. The normalized spacial score (nSPS) is 12.1. The Kier molecular flexibility index (Phi) is 4.63. The molecule has 0 aliphatic carbocycles. The lowest BCUT2D eigenvalue weighted by atomic mass is 10.2. The fourth-order valence-corrected chi connectivity index (χ4v) is 1.15. The number of rotatable bonds is 5. The molecule has 4 heteroatoms. The quantitative estimate of drug-likeness (QED) is 0.765. The summed E-state index contributed by atoms with van der Waals surface area (Å²) in [6.45, 7) is 2.98. The molecule has 0 bridgehead atoms. The smallest absolute Gasteiger partial charge is 0.404 e. The molecule has 4 nitrogen and oxygen atoms in total. The van der Waals surface area contributed by atoms with Crippen LogP contribution in [0.4, 0.5) is 4.79 Å². The zero-order valence-electron chi connectivity index (χ0n) is 8.77. The summed E-state index contributed by atoms with van der Waals surface area (Å²) in [5, 5.41) is 3.22. The van der Waals surface area contributed by atoms with Crippen molar-refractivity contribution < 1.29 is 9.53 Å². The maximum absolute atomic E-state index is 10.4. The van der Waals surface area contributed by atoms with E-state index in [9.17, 15) is 4.79 Å². The van der Waals surface area contributed by atoms with Gasteiger partial charge in [-0.05, 0) is 12.5 Å². The Balaban J connectivity index is 2.22. The minimum Gasteiger partial charge on any atom is -0.448 e. The molecule has 0 aliphatic heterocycles. The van der Waals surface area contributed by atoms with Crippen molar-refractivity contribution in [2.24, 2.45) is 5.73 Å². The zero-order valence-corrected chi connectivity index (χ0v) is 8.77. The number of nitrogens with two attached hydrogens (primary N) is 1. The molecule has 0 saturated heterocycles. The zero-order chi connectivity index (χ0) is 11.1. The predicted molar refractivity (Wildman–Crippen MR) is 58.3 cm³/mol. The van der Waals surface area contributed by atoms with Gasteiger partial charge in [-0.15, -0.1) is 0 Å². The second kappa shape index (κ2) is 6.03. The van der Waals surface area contributed by atoms with E-state index in [1.807, 2.05) is 37.3 Å². The highest BCUT2D eigenvalue weighted by Crippen LogP contribution is 1.98. The molecular weight excluding hydrogens is 192 g/mol. The van der Waals surface area contributed by atoms with Crippen LogP contribution < -0.4 is 11.1 Å². The Morgan fingerprint density at radius 3 is 2.73 bits per heavy atom. The molecule has 0 heterocycles. The van der Waals surface area contributed by atoms with E-state index in [1.54, 1.807) is 0 Å². The number of carbonyl (C=O) groups is 1. The summed E-state index contributed by atoms with van der Waals surface area (Å²) in [6, 6.07) is 10.1. The van der Waals surface area contributed by atoms with Crippen molar-refractivity contribution in [1.29, 1.82) is 0 Å². The van der Waals surface area contributed by atoms with E-state index in [0.717, 1.165) is 6.54 Å². The molecular formula is C11H16N2O2. The van der Waals surface area contributed by atoms with Gasteiger partial charge in [-0.3, -0.25) is 0 Å². The predicted octanol–water partition coefficient (Wildman–Crippen LogP) is 1.26. The van der Waals surface area contributed by atoms with Crippen LogP contribution in [0.15, 0.2) is 30.3 Å².